The number of nitrogens with one attached hydrogen (secondary N) is 1. The van der Waals surface area contributed by atoms with Crippen molar-refractivity contribution in [3.8, 4) is 0 Å². The Bertz CT molecular complexity index is 348. The molecule has 0 bridgehead atoms. The largest absolute Gasteiger partial charge is 0.368 e. The zero-order valence-corrected chi connectivity index (χ0v) is 10.6. The molecule has 78 valence electrons. The molecule has 0 aliphatic carbocycles. The molecule has 0 amide bonds. The Labute approximate surface area is 98.1 Å². The first-order valence-electron chi connectivity index (χ1n) is 3.94. The van der Waals surface area contributed by atoms with Crippen LogP contribution in [0.2, 0.25) is 0 Å². The van der Waals surface area contributed by atoms with E-state index < -0.39 is 10.8 Å². The number of rotatable bonds is 4. The summed E-state index contributed by atoms with van der Waals surface area (Å²) < 4.78 is 24.1. The molecule has 0 saturated heterocycles. The lowest BCUT2D eigenvalue weighted by atomic mass is 10.4. The van der Waals surface area contributed by atoms with Gasteiger partial charge < -0.3 is 5.32 Å². The van der Waals surface area contributed by atoms with Crippen LogP contribution in [0.5, 0.6) is 0 Å². The van der Waals surface area contributed by atoms with Gasteiger partial charge in [-0.15, -0.1) is 0 Å². The summed E-state index contributed by atoms with van der Waals surface area (Å²) in [6.07, 6.45) is 2.80. The molecule has 1 rings (SSSR count). The van der Waals surface area contributed by atoms with Crippen LogP contribution in [0.25, 0.3) is 0 Å². The molecule has 1 aromatic heterocycles. The third-order valence-corrected chi connectivity index (χ3v) is 3.09. The summed E-state index contributed by atoms with van der Waals surface area (Å²) in [7, 11) is -0.817. The predicted octanol–water partition coefficient (Wildman–Crippen LogP) is 1.62. The molecule has 0 aliphatic heterocycles. The minimum atomic E-state index is -0.817. The number of halogens is 2. The number of aromatic nitrogens is 1. The quantitative estimate of drug-likeness (QED) is 0.854. The van der Waals surface area contributed by atoms with Gasteiger partial charge in [0.05, 0.1) is 9.77 Å². The normalized spacial score (nSPS) is 12.5. The van der Waals surface area contributed by atoms with Crippen molar-refractivity contribution < 1.29 is 8.60 Å². The lowest BCUT2D eigenvalue weighted by Crippen LogP contribution is -2.11. The van der Waals surface area contributed by atoms with Crippen molar-refractivity contribution in [2.45, 2.75) is 0 Å². The van der Waals surface area contributed by atoms with E-state index in [1.165, 1.54) is 6.07 Å². The Hall–Kier alpha value is -0.240. The summed E-state index contributed by atoms with van der Waals surface area (Å²) in [5, 5.41) is 2.99. The van der Waals surface area contributed by atoms with E-state index in [-0.39, 0.29) is 5.82 Å². The molecule has 0 radical (unpaired) electrons. The topological polar surface area (TPSA) is 42.0 Å². The van der Waals surface area contributed by atoms with Crippen LogP contribution in [-0.2, 0) is 10.8 Å². The number of hydrogen-bond acceptors (Lipinski definition) is 3. The van der Waals surface area contributed by atoms with Crippen LogP contribution in [0.4, 0.5) is 10.2 Å². The van der Waals surface area contributed by atoms with Crippen LogP contribution in [0, 0.1) is 9.39 Å². The molecule has 3 nitrogen and oxygen atoms in total. The van der Waals surface area contributed by atoms with Gasteiger partial charge in [0, 0.05) is 29.4 Å². The van der Waals surface area contributed by atoms with Crippen LogP contribution in [0.15, 0.2) is 12.3 Å². The number of hydrogen-bond donors (Lipinski definition) is 1. The molecule has 0 saturated carbocycles. The van der Waals surface area contributed by atoms with Crippen molar-refractivity contribution in [1.82, 2.24) is 4.98 Å². The van der Waals surface area contributed by atoms with Gasteiger partial charge in [0.15, 0.2) is 0 Å². The Balaban J connectivity index is 2.55. The van der Waals surface area contributed by atoms with Crippen molar-refractivity contribution in [3.05, 3.63) is 21.7 Å². The molecule has 14 heavy (non-hydrogen) atoms. The summed E-state index contributed by atoms with van der Waals surface area (Å²) in [6, 6.07) is 1.40. The fourth-order valence-corrected chi connectivity index (χ4v) is 1.87. The van der Waals surface area contributed by atoms with Gasteiger partial charge in [-0.3, -0.25) is 4.21 Å². The van der Waals surface area contributed by atoms with Gasteiger partial charge in [-0.1, -0.05) is 0 Å². The van der Waals surface area contributed by atoms with Crippen molar-refractivity contribution in [2.24, 2.45) is 0 Å². The second-order valence-electron chi connectivity index (χ2n) is 2.69. The number of anilines is 1. The summed E-state index contributed by atoms with van der Waals surface area (Å²) in [6.45, 7) is 0.581. The molecule has 0 spiro atoms. The molecular weight excluding hydrogens is 318 g/mol. The minimum absolute atomic E-state index is 0.348. The molecule has 0 aromatic carbocycles. The Morgan fingerprint density at radius 2 is 2.43 bits per heavy atom. The highest BCUT2D eigenvalue weighted by molar-refractivity contribution is 14.1. The van der Waals surface area contributed by atoms with Crippen molar-refractivity contribution >= 4 is 39.2 Å². The molecule has 6 heteroatoms. The van der Waals surface area contributed by atoms with Gasteiger partial charge in [0.2, 0.25) is 0 Å². The Morgan fingerprint density at radius 1 is 1.71 bits per heavy atom. The molecule has 0 aliphatic rings. The van der Waals surface area contributed by atoms with E-state index in [0.29, 0.717) is 18.1 Å². The van der Waals surface area contributed by atoms with Crippen LogP contribution in [0.1, 0.15) is 0 Å². The minimum Gasteiger partial charge on any atom is -0.368 e. The molecule has 1 atom stereocenters. The maximum Gasteiger partial charge on any atom is 0.142 e. The summed E-state index contributed by atoms with van der Waals surface area (Å²) in [5.41, 5.74) is 0. The second kappa shape index (κ2) is 5.59. The Morgan fingerprint density at radius 3 is 3.00 bits per heavy atom. The molecule has 1 aromatic rings. The van der Waals surface area contributed by atoms with E-state index >= 15 is 0 Å². The number of pyridine rings is 1. The second-order valence-corrected chi connectivity index (χ2v) is 5.40. The third-order valence-electron chi connectivity index (χ3n) is 1.49. The zero-order chi connectivity index (χ0) is 10.6. The average molecular weight is 328 g/mol. The van der Waals surface area contributed by atoms with Crippen LogP contribution >= 0.6 is 22.6 Å². The summed E-state index contributed by atoms with van der Waals surface area (Å²) >= 11 is 2.00. The van der Waals surface area contributed by atoms with E-state index in [9.17, 15) is 8.60 Å². The van der Waals surface area contributed by atoms with E-state index in [4.69, 9.17) is 0 Å². The summed E-state index contributed by atoms with van der Waals surface area (Å²) in [4.78, 5) is 3.88. The van der Waals surface area contributed by atoms with E-state index in [1.54, 1.807) is 6.26 Å². The van der Waals surface area contributed by atoms with Crippen LogP contribution in [-0.4, -0.2) is 27.7 Å². The lowest BCUT2D eigenvalue weighted by molar-refractivity contribution is 0.620. The highest BCUT2D eigenvalue weighted by atomic mass is 127. The first-order valence-corrected chi connectivity index (χ1v) is 6.75. The van der Waals surface area contributed by atoms with Gasteiger partial charge >= 0.3 is 0 Å². The van der Waals surface area contributed by atoms with E-state index in [1.807, 2.05) is 22.6 Å². The highest BCUT2D eigenvalue weighted by Gasteiger charge is 2.02. The van der Waals surface area contributed by atoms with Crippen LogP contribution < -0.4 is 5.32 Å². The van der Waals surface area contributed by atoms with Gasteiger partial charge in [-0.05, 0) is 28.7 Å². The smallest absolute Gasteiger partial charge is 0.142 e. The first kappa shape index (κ1) is 11.8. The van der Waals surface area contributed by atoms with E-state index in [2.05, 4.69) is 10.3 Å². The van der Waals surface area contributed by atoms with Crippen molar-refractivity contribution in [1.29, 1.82) is 0 Å². The molecule has 1 N–H and O–H groups in total. The molecule has 1 heterocycles. The lowest BCUT2D eigenvalue weighted by Gasteiger charge is -2.05. The van der Waals surface area contributed by atoms with Crippen LogP contribution in [0.3, 0.4) is 0 Å². The monoisotopic (exact) mass is 328 g/mol. The molecule has 1 unspecified atom stereocenters. The fraction of sp³-hybridized carbons (Fsp3) is 0.375. The van der Waals surface area contributed by atoms with Gasteiger partial charge in [0.25, 0.3) is 0 Å². The average Bonchev–Trinajstić information content (AvgIpc) is 2.08. The Kier molecular flexibility index (Phi) is 4.73. The molecule has 0 fully saturated rings. The summed E-state index contributed by atoms with van der Waals surface area (Å²) in [5.74, 6) is 0.853. The van der Waals surface area contributed by atoms with E-state index in [0.717, 1.165) is 9.77 Å². The van der Waals surface area contributed by atoms with Gasteiger partial charge in [-0.25, -0.2) is 9.37 Å². The fourth-order valence-electron chi connectivity index (χ4n) is 0.858. The maximum absolute atomic E-state index is 12.7. The maximum atomic E-state index is 12.7. The number of nitrogens with zero attached hydrogens (tertiary/aromatic N) is 1. The predicted molar refractivity (Wildman–Crippen MR) is 64.3 cm³/mol. The molecular formula is C8H10FIN2OS. The zero-order valence-electron chi connectivity index (χ0n) is 7.59. The first-order chi connectivity index (χ1) is 6.59. The highest BCUT2D eigenvalue weighted by Crippen LogP contribution is 2.15. The van der Waals surface area contributed by atoms with Gasteiger partial charge in [0.1, 0.15) is 11.6 Å². The van der Waals surface area contributed by atoms with Crippen molar-refractivity contribution in [3.63, 3.8) is 0 Å². The van der Waals surface area contributed by atoms with Gasteiger partial charge in [-0.2, -0.15) is 0 Å². The third kappa shape index (κ3) is 3.87. The SMILES string of the molecule is CS(=O)CCNc1ncc(F)cc1I. The van der Waals surface area contributed by atoms with Crippen molar-refractivity contribution in [2.75, 3.05) is 23.9 Å². The standard InChI is InChI=1S/C8H10FIN2OS/c1-14(13)3-2-11-8-7(10)4-6(9)5-12-8/h4-5H,2-3H2,1H3,(H,11,12).